The smallest absolute Gasteiger partial charge is 0.257 e. The van der Waals surface area contributed by atoms with Crippen LogP contribution in [0.1, 0.15) is 10.4 Å². The summed E-state index contributed by atoms with van der Waals surface area (Å²) in [4.78, 5) is 21.9. The molecule has 6 nitrogen and oxygen atoms in total. The van der Waals surface area contributed by atoms with Crippen LogP contribution in [0.2, 0.25) is 0 Å². The van der Waals surface area contributed by atoms with Gasteiger partial charge in [-0.1, -0.05) is 18.2 Å². The third kappa shape index (κ3) is 5.24. The molecule has 3 aromatic rings. The lowest BCUT2D eigenvalue weighted by Gasteiger charge is -2.37. The number of carbonyl (C=O) groups excluding carboxylic acids is 1. The molecule has 1 saturated heterocycles. The zero-order valence-corrected chi connectivity index (χ0v) is 17.9. The van der Waals surface area contributed by atoms with Crippen LogP contribution in [0.3, 0.4) is 0 Å². The van der Waals surface area contributed by atoms with Gasteiger partial charge in [0.25, 0.3) is 5.91 Å². The molecule has 4 rings (SSSR count). The average molecular weight is 432 g/mol. The maximum Gasteiger partial charge on any atom is 0.257 e. The summed E-state index contributed by atoms with van der Waals surface area (Å²) in [7, 11) is 1.58. The number of piperazine rings is 1. The Kier molecular flexibility index (Phi) is 6.65. The molecule has 164 valence electrons. The summed E-state index contributed by atoms with van der Waals surface area (Å²) in [5.41, 5.74) is 2.24. The normalized spacial score (nSPS) is 14.2. The molecule has 0 saturated carbocycles. The van der Waals surface area contributed by atoms with Gasteiger partial charge in [-0.05, 0) is 60.7 Å². The van der Waals surface area contributed by atoms with Gasteiger partial charge in [0.05, 0.1) is 12.8 Å². The number of nitrogens with one attached hydrogen (secondary N) is 1. The van der Waals surface area contributed by atoms with E-state index in [1.165, 1.54) is 17.8 Å². The van der Waals surface area contributed by atoms with Crippen molar-refractivity contribution in [2.75, 3.05) is 38.2 Å². The monoisotopic (exact) mass is 432 g/mol. The number of methoxy groups -OCH3 is 1. The Labute approximate surface area is 186 Å². The van der Waals surface area contributed by atoms with Crippen molar-refractivity contribution in [3.63, 3.8) is 0 Å². The summed E-state index contributed by atoms with van der Waals surface area (Å²) in [5.74, 6) is 0.534. The fourth-order valence-electron chi connectivity index (χ4n) is 3.55. The molecule has 1 N–H and O–H groups in total. The Balaban J connectivity index is 1.52. The first-order chi connectivity index (χ1) is 15.6. The Bertz CT molecular complexity index is 1060. The third-order valence-electron chi connectivity index (χ3n) is 5.34. The number of anilines is 1. The van der Waals surface area contributed by atoms with Crippen LogP contribution in [0.25, 0.3) is 0 Å². The molecular weight excluding hydrogens is 407 g/mol. The summed E-state index contributed by atoms with van der Waals surface area (Å²) in [6, 6.07) is 23.0. The molecule has 1 amide bonds. The number of para-hydroxylation sites is 1. The first-order valence-electron chi connectivity index (χ1n) is 10.5. The lowest BCUT2D eigenvalue weighted by Crippen LogP contribution is -2.53. The van der Waals surface area contributed by atoms with E-state index in [1.54, 1.807) is 43.5 Å². The summed E-state index contributed by atoms with van der Waals surface area (Å²) < 4.78 is 18.5. The second-order valence-corrected chi connectivity index (χ2v) is 7.40. The fraction of sp³-hybridized carbons (Fsp3) is 0.200. The first kappa shape index (κ1) is 21.4. The van der Waals surface area contributed by atoms with Crippen LogP contribution in [0.5, 0.6) is 5.75 Å². The minimum absolute atomic E-state index is 0.265. The van der Waals surface area contributed by atoms with Crippen molar-refractivity contribution in [1.29, 1.82) is 0 Å². The molecule has 0 aliphatic carbocycles. The van der Waals surface area contributed by atoms with Crippen LogP contribution in [-0.2, 0) is 0 Å². The van der Waals surface area contributed by atoms with Gasteiger partial charge in [-0.15, -0.1) is 0 Å². The van der Waals surface area contributed by atoms with Crippen molar-refractivity contribution in [1.82, 2.24) is 10.2 Å². The lowest BCUT2D eigenvalue weighted by molar-refractivity contribution is 0.0971. The molecule has 1 heterocycles. The molecule has 1 fully saturated rings. The van der Waals surface area contributed by atoms with E-state index in [9.17, 15) is 9.18 Å². The van der Waals surface area contributed by atoms with Crippen molar-refractivity contribution in [2.24, 2.45) is 4.99 Å². The van der Waals surface area contributed by atoms with Crippen molar-refractivity contribution in [3.8, 4) is 5.75 Å². The maximum atomic E-state index is 13.3. The standard InChI is InChI=1S/C25H25FN4O2/c1-32-23-13-7-19(8-14-23)24(31)28-25(27-21-11-9-20(26)10-12-21)30-17-15-29(16-18-30)22-5-3-2-4-6-22/h2-14H,15-18H2,1H3,(H,27,28,31). The number of halogens is 1. The number of rotatable bonds is 4. The molecular formula is C25H25FN4O2. The van der Waals surface area contributed by atoms with Crippen molar-refractivity contribution in [2.45, 2.75) is 0 Å². The van der Waals surface area contributed by atoms with E-state index in [2.05, 4.69) is 27.3 Å². The number of amides is 1. The molecule has 0 unspecified atom stereocenters. The molecule has 7 heteroatoms. The van der Waals surface area contributed by atoms with Gasteiger partial charge in [-0.2, -0.15) is 0 Å². The predicted octanol–water partition coefficient (Wildman–Crippen LogP) is 4.07. The van der Waals surface area contributed by atoms with E-state index in [0.29, 0.717) is 36.0 Å². The van der Waals surface area contributed by atoms with E-state index in [4.69, 9.17) is 4.74 Å². The minimum atomic E-state index is -0.329. The Morgan fingerprint density at radius 1 is 0.906 bits per heavy atom. The van der Waals surface area contributed by atoms with Crippen LogP contribution in [0.4, 0.5) is 15.8 Å². The highest BCUT2D eigenvalue weighted by Crippen LogP contribution is 2.18. The Hall–Kier alpha value is -3.87. The number of guanidine groups is 1. The number of hydrogen-bond acceptors (Lipinski definition) is 4. The van der Waals surface area contributed by atoms with Gasteiger partial charge in [0, 0.05) is 37.4 Å². The summed E-state index contributed by atoms with van der Waals surface area (Å²) in [6.07, 6.45) is 0. The van der Waals surface area contributed by atoms with Crippen molar-refractivity contribution >= 4 is 23.2 Å². The molecule has 0 radical (unpaired) electrons. The largest absolute Gasteiger partial charge is 0.497 e. The first-order valence-corrected chi connectivity index (χ1v) is 10.5. The lowest BCUT2D eigenvalue weighted by atomic mass is 10.2. The van der Waals surface area contributed by atoms with Gasteiger partial charge in [-0.3, -0.25) is 10.1 Å². The van der Waals surface area contributed by atoms with Crippen LogP contribution in [-0.4, -0.2) is 50.1 Å². The van der Waals surface area contributed by atoms with Crippen molar-refractivity contribution in [3.05, 3.63) is 90.2 Å². The predicted molar refractivity (Wildman–Crippen MR) is 124 cm³/mol. The minimum Gasteiger partial charge on any atom is -0.497 e. The molecule has 32 heavy (non-hydrogen) atoms. The topological polar surface area (TPSA) is 57.2 Å². The van der Waals surface area contributed by atoms with Gasteiger partial charge >= 0.3 is 0 Å². The van der Waals surface area contributed by atoms with Crippen LogP contribution < -0.4 is 15.0 Å². The quantitative estimate of drug-likeness (QED) is 0.499. The molecule has 3 aromatic carbocycles. The Morgan fingerprint density at radius 2 is 1.56 bits per heavy atom. The highest BCUT2D eigenvalue weighted by Gasteiger charge is 2.22. The summed E-state index contributed by atoms with van der Waals surface area (Å²) >= 11 is 0. The second kappa shape index (κ2) is 9.96. The van der Waals surface area contributed by atoms with Gasteiger partial charge in [0.1, 0.15) is 11.6 Å². The molecule has 1 aliphatic rings. The van der Waals surface area contributed by atoms with Crippen molar-refractivity contribution < 1.29 is 13.9 Å². The molecule has 1 aliphatic heterocycles. The maximum absolute atomic E-state index is 13.3. The fourth-order valence-corrected chi connectivity index (χ4v) is 3.55. The number of aliphatic imine (C=N–C) groups is 1. The molecule has 0 bridgehead atoms. The number of ether oxygens (including phenoxy) is 1. The van der Waals surface area contributed by atoms with E-state index < -0.39 is 0 Å². The van der Waals surface area contributed by atoms with Gasteiger partial charge in [0.15, 0.2) is 0 Å². The summed E-state index contributed by atoms with van der Waals surface area (Å²) in [6.45, 7) is 2.98. The van der Waals surface area contributed by atoms with E-state index in [1.807, 2.05) is 23.1 Å². The molecule has 0 aromatic heterocycles. The van der Waals surface area contributed by atoms with E-state index in [0.717, 1.165) is 13.1 Å². The zero-order valence-electron chi connectivity index (χ0n) is 17.9. The average Bonchev–Trinajstić information content (AvgIpc) is 2.85. The number of carbonyl (C=O) groups is 1. The van der Waals surface area contributed by atoms with Gasteiger partial charge in [0.2, 0.25) is 5.96 Å². The van der Waals surface area contributed by atoms with Crippen LogP contribution >= 0.6 is 0 Å². The highest BCUT2D eigenvalue weighted by molar-refractivity contribution is 6.06. The summed E-state index contributed by atoms with van der Waals surface area (Å²) in [5, 5.41) is 2.94. The van der Waals surface area contributed by atoms with Crippen LogP contribution in [0.15, 0.2) is 83.9 Å². The number of benzene rings is 3. The SMILES string of the molecule is COc1ccc(C(=O)NC(=Nc2ccc(F)cc2)N2CCN(c3ccccc3)CC2)cc1. The second-order valence-electron chi connectivity index (χ2n) is 7.40. The van der Waals surface area contributed by atoms with Gasteiger partial charge in [-0.25, -0.2) is 9.38 Å². The third-order valence-corrected chi connectivity index (χ3v) is 5.34. The van der Waals surface area contributed by atoms with E-state index in [-0.39, 0.29) is 11.7 Å². The number of hydrogen-bond donors (Lipinski definition) is 1. The van der Waals surface area contributed by atoms with E-state index >= 15 is 0 Å². The Morgan fingerprint density at radius 3 is 2.19 bits per heavy atom. The number of nitrogens with zero attached hydrogens (tertiary/aromatic N) is 3. The molecule has 0 spiro atoms. The van der Waals surface area contributed by atoms with Crippen LogP contribution in [0, 0.1) is 5.82 Å². The molecule has 0 atom stereocenters. The highest BCUT2D eigenvalue weighted by atomic mass is 19.1. The van der Waals surface area contributed by atoms with Gasteiger partial charge < -0.3 is 14.5 Å². The zero-order chi connectivity index (χ0) is 22.3.